The zero-order valence-electron chi connectivity index (χ0n) is 16.9. The van der Waals surface area contributed by atoms with Crippen LogP contribution in [0.5, 0.6) is 0 Å². The van der Waals surface area contributed by atoms with Gasteiger partial charge in [0.2, 0.25) is 0 Å². The number of rotatable bonds is 6. The lowest BCUT2D eigenvalue weighted by molar-refractivity contribution is 0.276. The van der Waals surface area contributed by atoms with Crippen LogP contribution >= 0.6 is 0 Å². The number of hydrogen-bond acceptors (Lipinski definition) is 2. The van der Waals surface area contributed by atoms with Gasteiger partial charge in [0.05, 0.1) is 6.61 Å². The highest BCUT2D eigenvalue weighted by Gasteiger charge is 2.36. The molecule has 2 aromatic carbocycles. The first-order chi connectivity index (χ1) is 11.6. The van der Waals surface area contributed by atoms with Crippen molar-refractivity contribution in [2.75, 3.05) is 7.05 Å². The van der Waals surface area contributed by atoms with E-state index in [0.29, 0.717) is 6.61 Å². The number of hydrogen-bond donors (Lipinski definition) is 1. The van der Waals surface area contributed by atoms with Gasteiger partial charge in [-0.3, -0.25) is 0 Å². The molecule has 0 amide bonds. The minimum atomic E-state index is -1.72. The van der Waals surface area contributed by atoms with E-state index in [9.17, 15) is 0 Å². The molecule has 2 rings (SSSR count). The molecule has 0 radical (unpaired) electrons. The first kappa shape index (κ1) is 19.9. The lowest BCUT2D eigenvalue weighted by Crippen LogP contribution is -2.40. The molecule has 0 aliphatic carbocycles. The van der Waals surface area contributed by atoms with Gasteiger partial charge in [-0.25, -0.2) is 0 Å². The summed E-state index contributed by atoms with van der Waals surface area (Å²) in [5.41, 5.74) is 6.40. The van der Waals surface area contributed by atoms with E-state index in [1.165, 1.54) is 27.8 Å². The van der Waals surface area contributed by atoms with Crippen molar-refractivity contribution < 1.29 is 4.43 Å². The molecule has 0 saturated carbocycles. The molecule has 1 N–H and O–H groups in total. The van der Waals surface area contributed by atoms with Crippen LogP contribution in [0.1, 0.15) is 37.5 Å². The molecule has 0 fully saturated rings. The van der Waals surface area contributed by atoms with E-state index in [1.54, 1.807) is 0 Å². The highest BCUT2D eigenvalue weighted by Crippen LogP contribution is 2.37. The molecule has 0 aromatic heterocycles. The van der Waals surface area contributed by atoms with Crippen LogP contribution in [-0.2, 0) is 17.6 Å². The highest BCUT2D eigenvalue weighted by atomic mass is 28.4. The molecule has 0 aliphatic rings. The van der Waals surface area contributed by atoms with Crippen LogP contribution in [0.25, 0.3) is 11.1 Å². The van der Waals surface area contributed by atoms with Crippen LogP contribution in [0.4, 0.5) is 0 Å². The highest BCUT2D eigenvalue weighted by molar-refractivity contribution is 6.74. The predicted molar refractivity (Wildman–Crippen MR) is 111 cm³/mol. The maximum atomic E-state index is 6.39. The summed E-state index contributed by atoms with van der Waals surface area (Å²) >= 11 is 0. The van der Waals surface area contributed by atoms with Gasteiger partial charge in [0.15, 0.2) is 8.32 Å². The van der Waals surface area contributed by atoms with Gasteiger partial charge >= 0.3 is 0 Å². The fraction of sp³-hybridized carbons (Fsp3) is 0.455. The van der Waals surface area contributed by atoms with Crippen molar-refractivity contribution >= 4 is 8.32 Å². The second kappa shape index (κ2) is 7.86. The number of aryl methyl sites for hydroxylation is 1. The van der Waals surface area contributed by atoms with Crippen molar-refractivity contribution in [3.8, 4) is 11.1 Å². The van der Waals surface area contributed by atoms with Gasteiger partial charge in [0.25, 0.3) is 0 Å². The van der Waals surface area contributed by atoms with Crippen molar-refractivity contribution in [2.45, 2.75) is 59.0 Å². The molecule has 0 unspecified atom stereocenters. The molecule has 25 heavy (non-hydrogen) atoms. The van der Waals surface area contributed by atoms with E-state index in [1.807, 2.05) is 7.05 Å². The van der Waals surface area contributed by atoms with E-state index in [4.69, 9.17) is 4.43 Å². The summed E-state index contributed by atoms with van der Waals surface area (Å²) in [5, 5.41) is 3.48. The van der Waals surface area contributed by atoms with Gasteiger partial charge in [-0.2, -0.15) is 0 Å². The molecule has 0 spiro atoms. The Morgan fingerprint density at radius 2 is 1.64 bits per heavy atom. The molecule has 3 heteroatoms. The number of benzene rings is 2. The van der Waals surface area contributed by atoms with Crippen molar-refractivity contribution in [3.63, 3.8) is 0 Å². The molecule has 0 bridgehead atoms. The van der Waals surface area contributed by atoms with Crippen LogP contribution < -0.4 is 5.32 Å². The normalized spacial score (nSPS) is 12.4. The quantitative estimate of drug-likeness (QED) is 0.651. The Labute approximate surface area is 154 Å². The largest absolute Gasteiger partial charge is 0.413 e. The summed E-state index contributed by atoms with van der Waals surface area (Å²) in [7, 11) is 0.266. The van der Waals surface area contributed by atoms with Crippen LogP contribution in [0, 0.1) is 6.92 Å². The summed E-state index contributed by atoms with van der Waals surface area (Å²) in [6, 6.07) is 15.5. The maximum absolute atomic E-state index is 6.39. The van der Waals surface area contributed by atoms with Crippen molar-refractivity contribution in [2.24, 2.45) is 0 Å². The van der Waals surface area contributed by atoms with E-state index >= 15 is 0 Å². The minimum absolute atomic E-state index is 0.239. The third kappa shape index (κ3) is 5.27. The number of nitrogens with one attached hydrogen (secondary N) is 1. The Morgan fingerprint density at radius 3 is 2.28 bits per heavy atom. The third-order valence-corrected chi connectivity index (χ3v) is 9.66. The fourth-order valence-corrected chi connectivity index (χ4v) is 3.62. The standard InChI is InChI=1S/C22H33NOSi/c1-17-11-19(15-23-5)14-21(12-17)20-10-8-9-18(13-20)16-24-25(6,7)22(2,3)4/h8-14,23H,15-16H2,1-7H3. The van der Waals surface area contributed by atoms with Crippen molar-refractivity contribution in [1.29, 1.82) is 0 Å². The lowest BCUT2D eigenvalue weighted by atomic mass is 9.99. The average molecular weight is 356 g/mol. The minimum Gasteiger partial charge on any atom is -0.413 e. The van der Waals surface area contributed by atoms with Gasteiger partial charge in [0, 0.05) is 6.54 Å². The Bertz CT molecular complexity index is 716. The molecule has 0 atom stereocenters. The predicted octanol–water partition coefficient (Wildman–Crippen LogP) is 5.90. The summed E-state index contributed by atoms with van der Waals surface area (Å²) in [5.74, 6) is 0. The molecule has 136 valence electrons. The lowest BCUT2D eigenvalue weighted by Gasteiger charge is -2.36. The van der Waals surface area contributed by atoms with E-state index in [2.05, 4.69) is 88.6 Å². The SMILES string of the molecule is CNCc1cc(C)cc(-c2cccc(CO[Si](C)(C)C(C)(C)C)c2)c1. The van der Waals surface area contributed by atoms with Gasteiger partial charge < -0.3 is 9.74 Å². The second-order valence-electron chi connectivity index (χ2n) is 8.49. The second-order valence-corrected chi connectivity index (χ2v) is 13.3. The van der Waals surface area contributed by atoms with E-state index < -0.39 is 8.32 Å². The Kier molecular flexibility index (Phi) is 6.25. The van der Waals surface area contributed by atoms with Gasteiger partial charge in [-0.05, 0) is 66.5 Å². The van der Waals surface area contributed by atoms with Gasteiger partial charge in [0.1, 0.15) is 0 Å². The monoisotopic (exact) mass is 355 g/mol. The Hall–Kier alpha value is -1.42. The first-order valence-corrected chi connectivity index (χ1v) is 12.0. The molecule has 0 aliphatic heterocycles. The van der Waals surface area contributed by atoms with E-state index in [0.717, 1.165) is 6.54 Å². The zero-order chi connectivity index (χ0) is 18.7. The molecule has 0 heterocycles. The van der Waals surface area contributed by atoms with Gasteiger partial charge in [-0.1, -0.05) is 56.7 Å². The summed E-state index contributed by atoms with van der Waals surface area (Å²) < 4.78 is 6.39. The van der Waals surface area contributed by atoms with Crippen LogP contribution in [0.15, 0.2) is 42.5 Å². The van der Waals surface area contributed by atoms with Gasteiger partial charge in [-0.15, -0.1) is 0 Å². The van der Waals surface area contributed by atoms with Crippen LogP contribution in [0.2, 0.25) is 18.1 Å². The zero-order valence-corrected chi connectivity index (χ0v) is 17.9. The molecular formula is C22H33NOSi. The molecule has 2 aromatic rings. The van der Waals surface area contributed by atoms with Crippen molar-refractivity contribution in [1.82, 2.24) is 5.32 Å². The topological polar surface area (TPSA) is 21.3 Å². The summed E-state index contributed by atoms with van der Waals surface area (Å²) in [6.07, 6.45) is 0. The molecule has 0 saturated heterocycles. The van der Waals surface area contributed by atoms with Crippen LogP contribution in [-0.4, -0.2) is 15.4 Å². The molecular weight excluding hydrogens is 322 g/mol. The maximum Gasteiger partial charge on any atom is 0.192 e. The van der Waals surface area contributed by atoms with Crippen LogP contribution in [0.3, 0.4) is 0 Å². The summed E-state index contributed by atoms with van der Waals surface area (Å²) in [4.78, 5) is 0. The Balaban J connectivity index is 2.22. The van der Waals surface area contributed by atoms with E-state index in [-0.39, 0.29) is 5.04 Å². The summed E-state index contributed by atoms with van der Waals surface area (Å²) in [6.45, 7) is 15.2. The molecule has 2 nitrogen and oxygen atoms in total. The smallest absolute Gasteiger partial charge is 0.192 e. The van der Waals surface area contributed by atoms with Crippen molar-refractivity contribution in [3.05, 3.63) is 59.2 Å². The third-order valence-electron chi connectivity index (χ3n) is 5.18. The first-order valence-electron chi connectivity index (χ1n) is 9.11. The fourth-order valence-electron chi connectivity index (χ4n) is 2.66. The average Bonchev–Trinajstić information content (AvgIpc) is 2.52. The Morgan fingerprint density at radius 1 is 0.960 bits per heavy atom.